The molecule has 1 aromatic carbocycles. The summed E-state index contributed by atoms with van der Waals surface area (Å²) in [6, 6.07) is 6.31. The van der Waals surface area contributed by atoms with E-state index in [1.54, 1.807) is 12.1 Å². The second-order valence-electron chi connectivity index (χ2n) is 4.48. The molecular formula is C13H16N2O3S. The Morgan fingerprint density at radius 3 is 2.42 bits per heavy atom. The second kappa shape index (κ2) is 6.56. The normalized spacial score (nSPS) is 15.3. The van der Waals surface area contributed by atoms with E-state index in [2.05, 4.69) is 0 Å². The van der Waals surface area contributed by atoms with Crippen molar-refractivity contribution in [2.75, 3.05) is 18.8 Å². The van der Waals surface area contributed by atoms with Gasteiger partial charge in [0.15, 0.2) is 0 Å². The van der Waals surface area contributed by atoms with Crippen molar-refractivity contribution in [2.45, 2.75) is 24.2 Å². The predicted molar refractivity (Wildman–Crippen MR) is 74.3 cm³/mol. The third kappa shape index (κ3) is 3.96. The van der Waals surface area contributed by atoms with Gasteiger partial charge in [0, 0.05) is 30.1 Å². The quantitative estimate of drug-likeness (QED) is 0.483. The first-order valence-electron chi connectivity index (χ1n) is 6.32. The first-order valence-corrected chi connectivity index (χ1v) is 7.30. The average molecular weight is 280 g/mol. The third-order valence-electron chi connectivity index (χ3n) is 3.12. The number of hydrogen-bond acceptors (Lipinski definition) is 4. The van der Waals surface area contributed by atoms with Crippen LogP contribution in [0.15, 0.2) is 29.2 Å². The van der Waals surface area contributed by atoms with Crippen LogP contribution >= 0.6 is 11.8 Å². The van der Waals surface area contributed by atoms with Gasteiger partial charge in [0.05, 0.1) is 10.7 Å². The van der Waals surface area contributed by atoms with Crippen molar-refractivity contribution < 1.29 is 9.72 Å². The molecule has 6 heteroatoms. The Hall–Kier alpha value is -1.56. The van der Waals surface area contributed by atoms with Crippen LogP contribution in [0.1, 0.15) is 19.3 Å². The molecule has 0 saturated carbocycles. The Morgan fingerprint density at radius 2 is 1.84 bits per heavy atom. The number of amides is 1. The number of hydrogen-bond donors (Lipinski definition) is 0. The standard InChI is InChI=1S/C13H16N2O3S/c16-13(14-8-2-1-3-9-14)10-19-12-6-4-11(5-7-12)15(17)18/h4-7H,1-3,8-10H2. The fourth-order valence-electron chi connectivity index (χ4n) is 2.04. The first-order chi connectivity index (χ1) is 9.16. The molecule has 1 aliphatic heterocycles. The van der Waals surface area contributed by atoms with Gasteiger partial charge in [0.1, 0.15) is 0 Å². The Morgan fingerprint density at radius 1 is 1.21 bits per heavy atom. The van der Waals surface area contributed by atoms with Crippen molar-refractivity contribution in [3.63, 3.8) is 0 Å². The molecule has 0 aliphatic carbocycles. The predicted octanol–water partition coefficient (Wildman–Crippen LogP) is 2.70. The highest BCUT2D eigenvalue weighted by atomic mass is 32.2. The molecule has 1 heterocycles. The lowest BCUT2D eigenvalue weighted by Gasteiger charge is -2.26. The van der Waals surface area contributed by atoms with Gasteiger partial charge in [-0.2, -0.15) is 0 Å². The minimum absolute atomic E-state index is 0.0757. The van der Waals surface area contributed by atoms with Crippen LogP contribution in [0, 0.1) is 10.1 Å². The minimum Gasteiger partial charge on any atom is -0.342 e. The topological polar surface area (TPSA) is 63.4 Å². The van der Waals surface area contributed by atoms with Crippen molar-refractivity contribution in [1.29, 1.82) is 0 Å². The molecule has 1 fully saturated rings. The van der Waals surface area contributed by atoms with Gasteiger partial charge in [-0.3, -0.25) is 14.9 Å². The Bertz CT molecular complexity index is 455. The monoisotopic (exact) mass is 280 g/mol. The summed E-state index contributed by atoms with van der Waals surface area (Å²) in [5.74, 6) is 0.556. The van der Waals surface area contributed by atoms with Crippen molar-refractivity contribution in [1.82, 2.24) is 4.90 Å². The van der Waals surface area contributed by atoms with Crippen LogP contribution in [0.5, 0.6) is 0 Å². The lowest BCUT2D eigenvalue weighted by molar-refractivity contribution is -0.384. The number of non-ortho nitro benzene ring substituents is 1. The molecule has 0 N–H and O–H groups in total. The van der Waals surface area contributed by atoms with E-state index in [9.17, 15) is 14.9 Å². The summed E-state index contributed by atoms with van der Waals surface area (Å²) in [6.07, 6.45) is 3.39. The molecule has 0 unspecified atom stereocenters. The summed E-state index contributed by atoms with van der Waals surface area (Å²) in [7, 11) is 0. The number of benzene rings is 1. The molecule has 1 aliphatic rings. The van der Waals surface area contributed by atoms with Gasteiger partial charge >= 0.3 is 0 Å². The number of nitro groups is 1. The maximum atomic E-state index is 11.9. The molecule has 1 saturated heterocycles. The zero-order chi connectivity index (χ0) is 13.7. The van der Waals surface area contributed by atoms with Gasteiger partial charge in [0.25, 0.3) is 5.69 Å². The first kappa shape index (κ1) is 13.9. The minimum atomic E-state index is -0.423. The van der Waals surface area contributed by atoms with Crippen molar-refractivity contribution in [3.05, 3.63) is 34.4 Å². The Balaban J connectivity index is 1.84. The number of thioether (sulfide) groups is 1. The average Bonchev–Trinajstić information content (AvgIpc) is 2.46. The summed E-state index contributed by atoms with van der Waals surface area (Å²) in [5.41, 5.74) is 0.0757. The third-order valence-corrected chi connectivity index (χ3v) is 4.12. The highest BCUT2D eigenvalue weighted by Crippen LogP contribution is 2.22. The van der Waals surface area contributed by atoms with Crippen molar-refractivity contribution in [3.8, 4) is 0 Å². The van der Waals surface area contributed by atoms with Crippen molar-refractivity contribution in [2.24, 2.45) is 0 Å². The van der Waals surface area contributed by atoms with Gasteiger partial charge in [-0.05, 0) is 31.4 Å². The SMILES string of the molecule is O=C(CSc1ccc([N+](=O)[O-])cc1)N1CCCCC1. The lowest BCUT2D eigenvalue weighted by Crippen LogP contribution is -2.36. The van der Waals surface area contributed by atoms with Gasteiger partial charge < -0.3 is 4.90 Å². The number of carbonyl (C=O) groups is 1. The molecule has 0 aromatic heterocycles. The number of piperidine rings is 1. The molecule has 5 nitrogen and oxygen atoms in total. The number of nitrogens with zero attached hydrogens (tertiary/aromatic N) is 2. The molecular weight excluding hydrogens is 264 g/mol. The number of likely N-dealkylation sites (tertiary alicyclic amines) is 1. The molecule has 102 valence electrons. The van der Waals surface area contributed by atoms with E-state index in [4.69, 9.17) is 0 Å². The van der Waals surface area contributed by atoms with Crippen LogP contribution in [0.3, 0.4) is 0 Å². The largest absolute Gasteiger partial charge is 0.342 e. The highest BCUT2D eigenvalue weighted by molar-refractivity contribution is 8.00. The lowest BCUT2D eigenvalue weighted by atomic mass is 10.1. The van der Waals surface area contributed by atoms with Gasteiger partial charge in [0.2, 0.25) is 5.91 Å². The number of rotatable bonds is 4. The van der Waals surface area contributed by atoms with Crippen LogP contribution in [0.2, 0.25) is 0 Å². The summed E-state index contributed by atoms with van der Waals surface area (Å²) in [6.45, 7) is 1.72. The van der Waals surface area contributed by atoms with Gasteiger partial charge in [-0.1, -0.05) is 0 Å². The van der Waals surface area contributed by atoms with E-state index in [0.717, 1.165) is 30.8 Å². The molecule has 19 heavy (non-hydrogen) atoms. The zero-order valence-electron chi connectivity index (χ0n) is 10.6. The number of carbonyl (C=O) groups excluding carboxylic acids is 1. The van der Waals surface area contributed by atoms with Gasteiger partial charge in [-0.15, -0.1) is 11.8 Å². The van der Waals surface area contributed by atoms with E-state index < -0.39 is 4.92 Å². The van der Waals surface area contributed by atoms with Crippen LogP contribution < -0.4 is 0 Å². The molecule has 0 radical (unpaired) electrons. The van der Waals surface area contributed by atoms with Gasteiger partial charge in [-0.25, -0.2) is 0 Å². The van der Waals surface area contributed by atoms with E-state index in [0.29, 0.717) is 5.75 Å². The molecule has 2 rings (SSSR count). The Labute approximate surface area is 116 Å². The van der Waals surface area contributed by atoms with E-state index in [-0.39, 0.29) is 11.6 Å². The van der Waals surface area contributed by atoms with Crippen LogP contribution in [-0.2, 0) is 4.79 Å². The van der Waals surface area contributed by atoms with Crippen LogP contribution in [-0.4, -0.2) is 34.6 Å². The van der Waals surface area contributed by atoms with E-state index >= 15 is 0 Å². The highest BCUT2D eigenvalue weighted by Gasteiger charge is 2.16. The summed E-state index contributed by atoms with van der Waals surface area (Å²) in [5, 5.41) is 10.5. The molecule has 1 amide bonds. The Kier molecular flexibility index (Phi) is 4.79. The fourth-order valence-corrected chi connectivity index (χ4v) is 2.84. The summed E-state index contributed by atoms with van der Waals surface area (Å²) in [4.78, 5) is 24.8. The molecule has 0 bridgehead atoms. The maximum absolute atomic E-state index is 11.9. The van der Waals surface area contributed by atoms with Crippen LogP contribution in [0.25, 0.3) is 0 Å². The smallest absolute Gasteiger partial charge is 0.269 e. The molecule has 0 spiro atoms. The van der Waals surface area contributed by atoms with Crippen LogP contribution in [0.4, 0.5) is 5.69 Å². The second-order valence-corrected chi connectivity index (χ2v) is 5.53. The summed E-state index contributed by atoms with van der Waals surface area (Å²) < 4.78 is 0. The summed E-state index contributed by atoms with van der Waals surface area (Å²) >= 11 is 1.43. The fraction of sp³-hybridized carbons (Fsp3) is 0.462. The number of nitro benzene ring substituents is 1. The zero-order valence-corrected chi connectivity index (χ0v) is 11.4. The molecule has 1 aromatic rings. The van der Waals surface area contributed by atoms with E-state index in [1.165, 1.54) is 30.3 Å². The van der Waals surface area contributed by atoms with Crippen molar-refractivity contribution >= 4 is 23.4 Å². The maximum Gasteiger partial charge on any atom is 0.269 e. The van der Waals surface area contributed by atoms with E-state index in [1.807, 2.05) is 4.90 Å². The molecule has 0 atom stereocenters.